The second-order valence-electron chi connectivity index (χ2n) is 5.49. The first-order chi connectivity index (χ1) is 11.5. The topological polar surface area (TPSA) is 89.4 Å². The van der Waals surface area contributed by atoms with Crippen LogP contribution in [0.1, 0.15) is 18.4 Å². The van der Waals surface area contributed by atoms with Crippen LogP contribution >= 0.6 is 0 Å². The SMILES string of the molecule is O=C([O-])COc1cc(C2=NOC3(CCOC3)C2)ccc1OC(F)F. The van der Waals surface area contributed by atoms with Crippen LogP contribution in [-0.2, 0) is 14.4 Å². The molecule has 2 aliphatic rings. The minimum absolute atomic E-state index is 0.136. The van der Waals surface area contributed by atoms with Crippen LogP contribution in [0, 0.1) is 0 Å². The molecule has 7 nitrogen and oxygen atoms in total. The highest BCUT2D eigenvalue weighted by atomic mass is 19.3. The Balaban J connectivity index is 1.81. The van der Waals surface area contributed by atoms with Crippen LogP contribution in [0.15, 0.2) is 23.4 Å². The van der Waals surface area contributed by atoms with E-state index in [0.717, 1.165) is 0 Å². The summed E-state index contributed by atoms with van der Waals surface area (Å²) in [5.74, 6) is -1.89. The number of carbonyl (C=O) groups excluding carboxylic acids is 1. The van der Waals surface area contributed by atoms with E-state index in [2.05, 4.69) is 9.89 Å². The van der Waals surface area contributed by atoms with Gasteiger partial charge in [0, 0.05) is 18.4 Å². The summed E-state index contributed by atoms with van der Waals surface area (Å²) in [5.41, 5.74) is 0.676. The summed E-state index contributed by atoms with van der Waals surface area (Å²) in [6, 6.07) is 4.18. The minimum atomic E-state index is -3.06. The van der Waals surface area contributed by atoms with Gasteiger partial charge in [-0.05, 0) is 18.2 Å². The predicted octanol–water partition coefficient (Wildman–Crippen LogP) is 0.700. The van der Waals surface area contributed by atoms with Crippen LogP contribution in [0.4, 0.5) is 8.78 Å². The van der Waals surface area contributed by atoms with E-state index in [-0.39, 0.29) is 11.5 Å². The number of hydrogen-bond donors (Lipinski definition) is 0. The Hall–Kier alpha value is -2.42. The highest BCUT2D eigenvalue weighted by molar-refractivity contribution is 6.02. The molecule has 0 amide bonds. The first-order valence-corrected chi connectivity index (χ1v) is 7.22. The fourth-order valence-corrected chi connectivity index (χ4v) is 2.61. The third-order valence-corrected chi connectivity index (χ3v) is 3.74. The fourth-order valence-electron chi connectivity index (χ4n) is 2.61. The van der Waals surface area contributed by atoms with Crippen LogP contribution < -0.4 is 14.6 Å². The van der Waals surface area contributed by atoms with Crippen LogP contribution in [0.2, 0.25) is 0 Å². The molecule has 1 atom stereocenters. The van der Waals surface area contributed by atoms with Gasteiger partial charge >= 0.3 is 6.61 Å². The van der Waals surface area contributed by atoms with E-state index < -0.39 is 24.8 Å². The molecule has 1 saturated heterocycles. The molecule has 0 bridgehead atoms. The summed E-state index contributed by atoms with van der Waals surface area (Å²) in [5, 5.41) is 14.6. The third-order valence-electron chi connectivity index (χ3n) is 3.74. The zero-order valence-corrected chi connectivity index (χ0v) is 12.5. The number of ether oxygens (including phenoxy) is 3. The van der Waals surface area contributed by atoms with Gasteiger partial charge in [0.15, 0.2) is 17.1 Å². The summed E-state index contributed by atoms with van der Waals surface area (Å²) in [6.07, 6.45) is 1.21. The molecule has 1 aromatic carbocycles. The van der Waals surface area contributed by atoms with Gasteiger partial charge in [-0.25, -0.2) is 0 Å². The lowest BCUT2D eigenvalue weighted by Crippen LogP contribution is -2.29. The molecule has 24 heavy (non-hydrogen) atoms. The molecular formula is C15H14F2NO6-. The van der Waals surface area contributed by atoms with Crippen LogP contribution in [0.3, 0.4) is 0 Å². The number of halogens is 2. The van der Waals surface area contributed by atoms with Gasteiger partial charge in [-0.15, -0.1) is 0 Å². The van der Waals surface area contributed by atoms with Gasteiger partial charge in [0.2, 0.25) is 0 Å². The standard InChI is InChI=1S/C15H15F2NO6/c16-14(17)23-11-2-1-9(5-12(11)22-7-13(19)20)10-6-15(24-18-10)3-4-21-8-15/h1-2,5,14H,3-4,6-8H2,(H,19,20)/p-1. The number of carboxylic acids is 1. The Morgan fingerprint density at radius 1 is 1.42 bits per heavy atom. The van der Waals surface area contributed by atoms with E-state index in [0.29, 0.717) is 37.3 Å². The van der Waals surface area contributed by atoms with Crippen molar-refractivity contribution in [1.29, 1.82) is 0 Å². The van der Waals surface area contributed by atoms with Gasteiger partial charge in [-0.1, -0.05) is 5.16 Å². The molecule has 0 aromatic heterocycles. The summed E-state index contributed by atoms with van der Waals surface area (Å²) in [6.45, 7) is -2.83. The molecular weight excluding hydrogens is 328 g/mol. The maximum absolute atomic E-state index is 12.4. The summed E-state index contributed by atoms with van der Waals surface area (Å²) < 4.78 is 39.5. The van der Waals surface area contributed by atoms with Gasteiger partial charge in [0.1, 0.15) is 6.61 Å². The van der Waals surface area contributed by atoms with E-state index in [1.165, 1.54) is 18.2 Å². The normalized spacial score (nSPS) is 22.5. The third kappa shape index (κ3) is 3.56. The minimum Gasteiger partial charge on any atom is -0.546 e. The Morgan fingerprint density at radius 2 is 2.25 bits per heavy atom. The average Bonchev–Trinajstić information content (AvgIpc) is 3.16. The zero-order valence-electron chi connectivity index (χ0n) is 12.5. The summed E-state index contributed by atoms with van der Waals surface area (Å²) in [7, 11) is 0. The molecule has 1 fully saturated rings. The largest absolute Gasteiger partial charge is 0.546 e. The molecule has 1 spiro atoms. The van der Waals surface area contributed by atoms with E-state index in [1.54, 1.807) is 0 Å². The number of oxime groups is 1. The number of carboxylic acid groups (broad SMARTS) is 1. The lowest BCUT2D eigenvalue weighted by molar-refractivity contribution is -0.307. The fraction of sp³-hybridized carbons (Fsp3) is 0.467. The molecule has 3 rings (SSSR count). The Morgan fingerprint density at radius 3 is 2.92 bits per heavy atom. The summed E-state index contributed by atoms with van der Waals surface area (Å²) in [4.78, 5) is 16.0. The Labute approximate surface area is 135 Å². The Bertz CT molecular complexity index is 657. The number of nitrogens with zero attached hydrogens (tertiary/aromatic N) is 1. The lowest BCUT2D eigenvalue weighted by atomic mass is 9.93. The number of hydrogen-bond acceptors (Lipinski definition) is 7. The molecule has 2 heterocycles. The van der Waals surface area contributed by atoms with Gasteiger partial charge < -0.3 is 28.9 Å². The van der Waals surface area contributed by atoms with Crippen molar-refractivity contribution in [2.45, 2.75) is 25.1 Å². The number of carbonyl (C=O) groups is 1. The van der Waals surface area contributed by atoms with Crippen LogP contribution in [0.25, 0.3) is 0 Å². The van der Waals surface area contributed by atoms with Crippen molar-refractivity contribution in [1.82, 2.24) is 0 Å². The second kappa shape index (κ2) is 6.60. The molecule has 1 unspecified atom stereocenters. The number of benzene rings is 1. The number of rotatable bonds is 6. The lowest BCUT2D eigenvalue weighted by Gasteiger charge is -2.17. The van der Waals surface area contributed by atoms with E-state index in [9.17, 15) is 18.7 Å². The molecule has 0 saturated carbocycles. The molecule has 0 radical (unpaired) electrons. The highest BCUT2D eigenvalue weighted by Crippen LogP contribution is 2.36. The quantitative estimate of drug-likeness (QED) is 0.756. The highest BCUT2D eigenvalue weighted by Gasteiger charge is 2.43. The monoisotopic (exact) mass is 342 g/mol. The maximum atomic E-state index is 12.4. The van der Waals surface area contributed by atoms with Gasteiger partial charge in [-0.3, -0.25) is 0 Å². The van der Waals surface area contributed by atoms with Crippen molar-refractivity contribution in [3.05, 3.63) is 23.8 Å². The van der Waals surface area contributed by atoms with E-state index in [1.807, 2.05) is 0 Å². The first-order valence-electron chi connectivity index (χ1n) is 7.22. The second-order valence-corrected chi connectivity index (χ2v) is 5.49. The maximum Gasteiger partial charge on any atom is 0.387 e. The molecule has 1 aromatic rings. The molecule has 0 aliphatic carbocycles. The summed E-state index contributed by atoms with van der Waals surface area (Å²) >= 11 is 0. The molecule has 2 aliphatic heterocycles. The molecule has 9 heteroatoms. The van der Waals surface area contributed by atoms with Crippen molar-refractivity contribution < 1.29 is 37.7 Å². The predicted molar refractivity (Wildman–Crippen MR) is 74.0 cm³/mol. The molecule has 130 valence electrons. The first kappa shape index (κ1) is 16.4. The van der Waals surface area contributed by atoms with Crippen LogP contribution in [0.5, 0.6) is 11.5 Å². The van der Waals surface area contributed by atoms with Gasteiger partial charge in [-0.2, -0.15) is 8.78 Å². The van der Waals surface area contributed by atoms with E-state index >= 15 is 0 Å². The van der Waals surface area contributed by atoms with Crippen molar-refractivity contribution in [2.75, 3.05) is 19.8 Å². The average molecular weight is 342 g/mol. The van der Waals surface area contributed by atoms with Crippen molar-refractivity contribution in [3.63, 3.8) is 0 Å². The van der Waals surface area contributed by atoms with Crippen molar-refractivity contribution in [3.8, 4) is 11.5 Å². The number of alkyl halides is 2. The van der Waals surface area contributed by atoms with Crippen molar-refractivity contribution in [2.24, 2.45) is 5.16 Å². The molecule has 0 N–H and O–H groups in total. The Kier molecular flexibility index (Phi) is 4.52. The number of aliphatic carboxylic acids is 1. The van der Waals surface area contributed by atoms with E-state index in [4.69, 9.17) is 14.3 Å². The van der Waals surface area contributed by atoms with Crippen molar-refractivity contribution >= 4 is 11.7 Å². The van der Waals surface area contributed by atoms with Crippen LogP contribution in [-0.4, -0.2) is 43.7 Å². The van der Waals surface area contributed by atoms with Gasteiger partial charge in [0.05, 0.1) is 24.9 Å². The van der Waals surface area contributed by atoms with Gasteiger partial charge in [0.25, 0.3) is 0 Å². The zero-order chi connectivity index (χ0) is 17.2. The smallest absolute Gasteiger partial charge is 0.387 e.